The van der Waals surface area contributed by atoms with Crippen molar-refractivity contribution < 1.29 is 5.11 Å². The lowest BCUT2D eigenvalue weighted by Gasteiger charge is -2.28. The van der Waals surface area contributed by atoms with Crippen molar-refractivity contribution in [2.75, 3.05) is 11.4 Å². The number of aliphatic hydroxyl groups is 1. The minimum Gasteiger partial charge on any atom is -0.391 e. The zero-order valence-electron chi connectivity index (χ0n) is 11.4. The molecule has 104 valence electrons. The number of hydrogen-bond acceptors (Lipinski definition) is 4. The van der Waals surface area contributed by atoms with Crippen LogP contribution in [0.4, 0.5) is 5.13 Å². The van der Waals surface area contributed by atoms with Crippen LogP contribution < -0.4 is 4.90 Å². The Morgan fingerprint density at radius 2 is 2.05 bits per heavy atom. The number of thiazole rings is 1. The van der Waals surface area contributed by atoms with Crippen LogP contribution in [0, 0.1) is 0 Å². The van der Waals surface area contributed by atoms with Crippen LogP contribution in [-0.4, -0.2) is 16.6 Å². The molecule has 1 aromatic carbocycles. The molecule has 2 aromatic rings. The monoisotopic (exact) mass is 286 g/mol. The van der Waals surface area contributed by atoms with Gasteiger partial charge in [-0.2, -0.15) is 0 Å². The third-order valence-electron chi connectivity index (χ3n) is 4.23. The van der Waals surface area contributed by atoms with Gasteiger partial charge >= 0.3 is 0 Å². The van der Waals surface area contributed by atoms with E-state index >= 15 is 0 Å². The van der Waals surface area contributed by atoms with Crippen molar-refractivity contribution in [3.8, 4) is 0 Å². The molecule has 0 spiro atoms. The maximum atomic E-state index is 9.52. The van der Waals surface area contributed by atoms with Gasteiger partial charge in [-0.3, -0.25) is 0 Å². The third-order valence-corrected chi connectivity index (χ3v) is 5.34. The summed E-state index contributed by atoms with van der Waals surface area (Å²) in [5.74, 6) is 0.610. The van der Waals surface area contributed by atoms with Crippen LogP contribution in [0.1, 0.15) is 40.5 Å². The molecule has 4 heteroatoms. The molecule has 0 bridgehead atoms. The molecule has 1 saturated carbocycles. The minimum absolute atomic E-state index is 0.133. The van der Waals surface area contributed by atoms with Gasteiger partial charge in [-0.25, -0.2) is 4.98 Å². The first-order chi connectivity index (χ1) is 9.85. The molecular weight excluding hydrogens is 268 g/mol. The maximum Gasteiger partial charge on any atom is 0.186 e. The van der Waals surface area contributed by atoms with E-state index in [1.54, 1.807) is 11.3 Å². The second-order valence-electron chi connectivity index (χ2n) is 5.68. The SMILES string of the molecule is OCc1sc(N2CCc3ccccc3C2)nc1C1CC1. The summed E-state index contributed by atoms with van der Waals surface area (Å²) in [5.41, 5.74) is 4.03. The van der Waals surface area contributed by atoms with E-state index in [2.05, 4.69) is 29.2 Å². The lowest BCUT2D eigenvalue weighted by Crippen LogP contribution is -2.30. The predicted molar refractivity (Wildman–Crippen MR) is 81.2 cm³/mol. The number of anilines is 1. The average Bonchev–Trinajstić information content (AvgIpc) is 3.26. The fourth-order valence-corrected chi connectivity index (χ4v) is 3.96. The van der Waals surface area contributed by atoms with Crippen molar-refractivity contribution >= 4 is 16.5 Å². The van der Waals surface area contributed by atoms with E-state index in [-0.39, 0.29) is 6.61 Å². The van der Waals surface area contributed by atoms with E-state index in [4.69, 9.17) is 4.98 Å². The maximum absolute atomic E-state index is 9.52. The molecule has 0 unspecified atom stereocenters. The van der Waals surface area contributed by atoms with Gasteiger partial charge in [0.15, 0.2) is 5.13 Å². The van der Waals surface area contributed by atoms with E-state index in [9.17, 15) is 5.11 Å². The highest BCUT2D eigenvalue weighted by Crippen LogP contribution is 2.44. The molecule has 2 heterocycles. The molecule has 2 aliphatic rings. The molecule has 1 N–H and O–H groups in total. The Labute approximate surface area is 122 Å². The van der Waals surface area contributed by atoms with Crippen LogP contribution in [-0.2, 0) is 19.6 Å². The van der Waals surface area contributed by atoms with Gasteiger partial charge in [0.1, 0.15) is 0 Å². The normalized spacial score (nSPS) is 18.1. The van der Waals surface area contributed by atoms with Gasteiger partial charge < -0.3 is 10.0 Å². The Balaban J connectivity index is 1.62. The minimum atomic E-state index is 0.133. The van der Waals surface area contributed by atoms with Crippen LogP contribution in [0.25, 0.3) is 0 Å². The van der Waals surface area contributed by atoms with E-state index in [1.807, 2.05) is 0 Å². The fourth-order valence-electron chi connectivity index (χ4n) is 2.93. The molecule has 0 atom stereocenters. The quantitative estimate of drug-likeness (QED) is 0.942. The molecule has 3 nitrogen and oxygen atoms in total. The summed E-state index contributed by atoms with van der Waals surface area (Å²) in [5, 5.41) is 10.6. The van der Waals surface area contributed by atoms with Crippen LogP contribution in [0.2, 0.25) is 0 Å². The summed E-state index contributed by atoms with van der Waals surface area (Å²) >= 11 is 1.67. The summed E-state index contributed by atoms with van der Waals surface area (Å²) in [4.78, 5) is 8.25. The van der Waals surface area contributed by atoms with Crippen LogP contribution >= 0.6 is 11.3 Å². The summed E-state index contributed by atoms with van der Waals surface area (Å²) in [6, 6.07) is 8.67. The fraction of sp³-hybridized carbons (Fsp3) is 0.438. The Morgan fingerprint density at radius 1 is 1.25 bits per heavy atom. The van der Waals surface area contributed by atoms with Crippen molar-refractivity contribution in [2.45, 2.75) is 38.3 Å². The summed E-state index contributed by atoms with van der Waals surface area (Å²) in [6.45, 7) is 2.10. The summed E-state index contributed by atoms with van der Waals surface area (Å²) in [6.07, 6.45) is 3.56. The molecule has 1 aromatic heterocycles. The Hall–Kier alpha value is -1.39. The van der Waals surface area contributed by atoms with Gasteiger partial charge in [0.25, 0.3) is 0 Å². The van der Waals surface area contributed by atoms with E-state index in [0.29, 0.717) is 5.92 Å². The summed E-state index contributed by atoms with van der Waals surface area (Å²) in [7, 11) is 0. The highest BCUT2D eigenvalue weighted by atomic mass is 32.1. The number of aliphatic hydroxyl groups excluding tert-OH is 1. The van der Waals surface area contributed by atoms with Crippen LogP contribution in [0.5, 0.6) is 0 Å². The van der Waals surface area contributed by atoms with Crippen LogP contribution in [0.15, 0.2) is 24.3 Å². The van der Waals surface area contributed by atoms with Crippen LogP contribution in [0.3, 0.4) is 0 Å². The predicted octanol–water partition coefficient (Wildman–Crippen LogP) is 3.08. The lowest BCUT2D eigenvalue weighted by atomic mass is 10.0. The molecule has 1 aliphatic carbocycles. The molecular formula is C16H18N2OS. The van der Waals surface area contributed by atoms with Gasteiger partial charge in [0, 0.05) is 19.0 Å². The third kappa shape index (κ3) is 2.13. The zero-order chi connectivity index (χ0) is 13.5. The highest BCUT2D eigenvalue weighted by Gasteiger charge is 2.30. The summed E-state index contributed by atoms with van der Waals surface area (Å²) < 4.78 is 0. The number of fused-ring (bicyclic) bond motifs is 1. The topological polar surface area (TPSA) is 36.4 Å². The van der Waals surface area contributed by atoms with E-state index in [1.165, 1.54) is 24.0 Å². The molecule has 1 aliphatic heterocycles. The van der Waals surface area contributed by atoms with Crippen molar-refractivity contribution in [1.82, 2.24) is 4.98 Å². The Morgan fingerprint density at radius 3 is 2.80 bits per heavy atom. The average molecular weight is 286 g/mol. The second-order valence-corrected chi connectivity index (χ2v) is 6.74. The first-order valence-corrected chi connectivity index (χ1v) is 8.09. The lowest BCUT2D eigenvalue weighted by molar-refractivity contribution is 0.284. The molecule has 0 radical (unpaired) electrons. The van der Waals surface area contributed by atoms with Gasteiger partial charge in [0.2, 0.25) is 0 Å². The zero-order valence-corrected chi connectivity index (χ0v) is 12.2. The van der Waals surface area contributed by atoms with Gasteiger partial charge in [-0.05, 0) is 30.4 Å². The standard InChI is InChI=1S/C16H18N2OS/c19-10-14-15(12-5-6-12)17-16(20-14)18-8-7-11-3-1-2-4-13(11)9-18/h1-4,12,19H,5-10H2. The molecule has 0 amide bonds. The largest absolute Gasteiger partial charge is 0.391 e. The number of rotatable bonds is 3. The molecule has 4 rings (SSSR count). The van der Waals surface area contributed by atoms with Gasteiger partial charge in [0.05, 0.1) is 17.2 Å². The van der Waals surface area contributed by atoms with Crippen molar-refractivity contribution in [1.29, 1.82) is 0 Å². The van der Waals surface area contributed by atoms with Crippen molar-refractivity contribution in [2.24, 2.45) is 0 Å². The van der Waals surface area contributed by atoms with Gasteiger partial charge in [-0.15, -0.1) is 0 Å². The first kappa shape index (κ1) is 12.4. The smallest absolute Gasteiger partial charge is 0.186 e. The van der Waals surface area contributed by atoms with Gasteiger partial charge in [-0.1, -0.05) is 35.6 Å². The van der Waals surface area contributed by atoms with E-state index in [0.717, 1.165) is 35.2 Å². The number of hydrogen-bond donors (Lipinski definition) is 1. The Kier molecular flexibility index (Phi) is 3.00. The van der Waals surface area contributed by atoms with E-state index < -0.39 is 0 Å². The number of benzene rings is 1. The van der Waals surface area contributed by atoms with Crippen molar-refractivity contribution in [3.05, 3.63) is 46.0 Å². The first-order valence-electron chi connectivity index (χ1n) is 7.27. The molecule has 1 fully saturated rings. The molecule has 0 saturated heterocycles. The number of aromatic nitrogens is 1. The second kappa shape index (κ2) is 4.86. The number of nitrogens with zero attached hydrogens (tertiary/aromatic N) is 2. The highest BCUT2D eigenvalue weighted by molar-refractivity contribution is 7.15. The Bertz CT molecular complexity index is 633. The molecule has 20 heavy (non-hydrogen) atoms. The van der Waals surface area contributed by atoms with Crippen molar-refractivity contribution in [3.63, 3.8) is 0 Å².